The zero-order valence-corrected chi connectivity index (χ0v) is 26.1. The average Bonchev–Trinajstić information content (AvgIpc) is 2.91. The van der Waals surface area contributed by atoms with E-state index in [2.05, 4.69) is 5.32 Å². The molecule has 7 nitrogen and oxygen atoms in total. The van der Waals surface area contributed by atoms with Gasteiger partial charge in [-0.2, -0.15) is 13.2 Å². The Morgan fingerprint density at radius 2 is 1.60 bits per heavy atom. The van der Waals surface area contributed by atoms with Crippen LogP contribution in [-0.2, 0) is 32.3 Å². The summed E-state index contributed by atoms with van der Waals surface area (Å²) in [6.07, 6.45) is -4.67. The molecule has 0 bridgehead atoms. The summed E-state index contributed by atoms with van der Waals surface area (Å²) in [7, 11) is -4.55. The van der Waals surface area contributed by atoms with Crippen molar-refractivity contribution in [1.29, 1.82) is 0 Å². The molecule has 0 aliphatic heterocycles. The lowest BCUT2D eigenvalue weighted by Crippen LogP contribution is -2.53. The molecule has 0 saturated carbocycles. The van der Waals surface area contributed by atoms with Crippen molar-refractivity contribution in [3.05, 3.63) is 94.0 Å². The zero-order valence-electron chi connectivity index (χ0n) is 24.6. The first-order chi connectivity index (χ1) is 20.0. The van der Waals surface area contributed by atoms with Crippen molar-refractivity contribution >= 4 is 39.1 Å². The first kappa shape index (κ1) is 33.9. The van der Waals surface area contributed by atoms with E-state index in [1.807, 2.05) is 19.1 Å². The van der Waals surface area contributed by atoms with Crippen LogP contribution in [0.15, 0.2) is 71.6 Å². The van der Waals surface area contributed by atoms with Crippen molar-refractivity contribution in [3.63, 3.8) is 0 Å². The van der Waals surface area contributed by atoms with Crippen molar-refractivity contribution in [2.45, 2.75) is 70.7 Å². The molecule has 43 heavy (non-hydrogen) atoms. The van der Waals surface area contributed by atoms with Crippen LogP contribution in [0.5, 0.6) is 0 Å². The second kappa shape index (κ2) is 13.8. The molecule has 0 fully saturated rings. The summed E-state index contributed by atoms with van der Waals surface area (Å²) < 4.78 is 69.9. The van der Waals surface area contributed by atoms with E-state index >= 15 is 0 Å². The molecule has 1 N–H and O–H groups in total. The van der Waals surface area contributed by atoms with Gasteiger partial charge in [0.25, 0.3) is 10.0 Å². The van der Waals surface area contributed by atoms with Crippen LogP contribution in [0.1, 0.15) is 49.4 Å². The number of nitrogens with one attached hydrogen (secondary N) is 1. The van der Waals surface area contributed by atoms with Gasteiger partial charge in [-0.25, -0.2) is 8.42 Å². The average molecular weight is 638 g/mol. The second-order valence-corrected chi connectivity index (χ2v) is 12.9. The highest BCUT2D eigenvalue weighted by atomic mass is 35.5. The van der Waals surface area contributed by atoms with Gasteiger partial charge in [0, 0.05) is 12.6 Å². The van der Waals surface area contributed by atoms with Crippen LogP contribution < -0.4 is 9.62 Å². The molecule has 0 radical (unpaired) electrons. The number of alkyl halides is 3. The Labute approximate surface area is 255 Å². The van der Waals surface area contributed by atoms with Crippen molar-refractivity contribution in [2.24, 2.45) is 0 Å². The Morgan fingerprint density at radius 1 is 0.953 bits per heavy atom. The monoisotopic (exact) mass is 637 g/mol. The van der Waals surface area contributed by atoms with Crippen molar-refractivity contribution in [1.82, 2.24) is 10.2 Å². The van der Waals surface area contributed by atoms with Crippen LogP contribution in [0.4, 0.5) is 18.9 Å². The molecule has 0 heterocycles. The standard InChI is InChI=1S/C31H35ClF3N3O4S/c1-6-28(30(40)36-20(2)3)37(18-23-9-7-8-22(5)16-23)29(39)19-38(43(41,42)25-13-10-21(4)11-14-25)24-12-15-27(32)26(17-24)31(33,34)35/h7-17,20,28H,6,18-19H2,1-5H3,(H,36,40). The van der Waals surface area contributed by atoms with Gasteiger partial charge in [0.1, 0.15) is 12.6 Å². The van der Waals surface area contributed by atoms with Gasteiger partial charge < -0.3 is 10.2 Å². The van der Waals surface area contributed by atoms with Crippen LogP contribution in [0.25, 0.3) is 0 Å². The predicted molar refractivity (Wildman–Crippen MR) is 161 cm³/mol. The zero-order chi connectivity index (χ0) is 32.1. The van der Waals surface area contributed by atoms with Crippen LogP contribution in [-0.4, -0.2) is 43.8 Å². The summed E-state index contributed by atoms with van der Waals surface area (Å²) in [5.41, 5.74) is 0.721. The van der Waals surface area contributed by atoms with Gasteiger partial charge in [0.2, 0.25) is 11.8 Å². The van der Waals surface area contributed by atoms with Gasteiger partial charge in [-0.15, -0.1) is 0 Å². The number of benzene rings is 3. The van der Waals surface area contributed by atoms with Crippen molar-refractivity contribution in [3.8, 4) is 0 Å². The number of sulfonamides is 1. The van der Waals surface area contributed by atoms with Gasteiger partial charge in [-0.3, -0.25) is 13.9 Å². The maximum Gasteiger partial charge on any atom is 0.417 e. The maximum atomic E-state index is 14.1. The van der Waals surface area contributed by atoms with E-state index in [9.17, 15) is 31.2 Å². The smallest absolute Gasteiger partial charge is 0.352 e. The second-order valence-electron chi connectivity index (χ2n) is 10.6. The molecular weight excluding hydrogens is 603 g/mol. The summed E-state index contributed by atoms with van der Waals surface area (Å²) in [6, 6.07) is 14.5. The van der Waals surface area contributed by atoms with Crippen LogP contribution in [0.2, 0.25) is 5.02 Å². The van der Waals surface area contributed by atoms with Crippen LogP contribution in [0.3, 0.4) is 0 Å². The molecule has 3 rings (SSSR count). The number of aryl methyl sites for hydroxylation is 2. The minimum atomic E-state index is -4.88. The van der Waals surface area contributed by atoms with E-state index in [0.29, 0.717) is 15.9 Å². The van der Waals surface area contributed by atoms with Gasteiger partial charge in [0.15, 0.2) is 0 Å². The normalized spacial score (nSPS) is 12.6. The lowest BCUT2D eigenvalue weighted by molar-refractivity contribution is -0.140. The molecule has 3 aromatic carbocycles. The summed E-state index contributed by atoms with van der Waals surface area (Å²) >= 11 is 5.82. The topological polar surface area (TPSA) is 86.8 Å². The van der Waals surface area contributed by atoms with Gasteiger partial charge in [0.05, 0.1) is 21.2 Å². The number of carbonyl (C=O) groups excluding carboxylic acids is 2. The molecule has 0 saturated heterocycles. The first-order valence-corrected chi connectivity index (χ1v) is 15.5. The third-order valence-corrected chi connectivity index (χ3v) is 8.80. The number of hydrogen-bond acceptors (Lipinski definition) is 4. The van der Waals surface area contributed by atoms with Crippen LogP contribution >= 0.6 is 11.6 Å². The lowest BCUT2D eigenvalue weighted by atomic mass is 10.1. The minimum Gasteiger partial charge on any atom is -0.352 e. The van der Waals surface area contributed by atoms with Crippen molar-refractivity contribution < 1.29 is 31.2 Å². The molecule has 1 unspecified atom stereocenters. The highest BCUT2D eigenvalue weighted by molar-refractivity contribution is 7.92. The van der Waals surface area contributed by atoms with Crippen molar-refractivity contribution in [2.75, 3.05) is 10.8 Å². The Kier molecular flexibility index (Phi) is 10.9. The van der Waals surface area contributed by atoms with E-state index in [1.54, 1.807) is 52.0 Å². The van der Waals surface area contributed by atoms with Gasteiger partial charge >= 0.3 is 6.18 Å². The molecule has 0 aromatic heterocycles. The Hall–Kier alpha value is -3.57. The summed E-state index contributed by atoms with van der Waals surface area (Å²) in [6.45, 7) is 7.98. The third kappa shape index (κ3) is 8.51. The Balaban J connectivity index is 2.16. The maximum absolute atomic E-state index is 14.1. The lowest BCUT2D eigenvalue weighted by Gasteiger charge is -2.33. The fraction of sp³-hybridized carbons (Fsp3) is 0.355. The largest absolute Gasteiger partial charge is 0.417 e. The minimum absolute atomic E-state index is 0.0304. The molecule has 0 spiro atoms. The number of nitrogens with zero attached hydrogens (tertiary/aromatic N) is 2. The molecule has 0 aliphatic carbocycles. The van der Waals surface area contributed by atoms with Crippen LogP contribution in [0, 0.1) is 13.8 Å². The molecule has 3 aromatic rings. The van der Waals surface area contributed by atoms with E-state index in [1.165, 1.54) is 17.0 Å². The molecule has 232 valence electrons. The number of hydrogen-bond donors (Lipinski definition) is 1. The molecular formula is C31H35ClF3N3O4S. The van der Waals surface area contributed by atoms with Gasteiger partial charge in [-0.05, 0) is 70.0 Å². The molecule has 12 heteroatoms. The summed E-state index contributed by atoms with van der Waals surface area (Å²) in [5, 5.41) is 2.18. The molecule has 0 aliphatic rings. The molecule has 1 atom stereocenters. The highest BCUT2D eigenvalue weighted by Crippen LogP contribution is 2.38. The van der Waals surface area contributed by atoms with E-state index in [4.69, 9.17) is 11.6 Å². The van der Waals surface area contributed by atoms with Gasteiger partial charge in [-0.1, -0.05) is 66.0 Å². The highest BCUT2D eigenvalue weighted by Gasteiger charge is 2.37. The fourth-order valence-electron chi connectivity index (χ4n) is 4.56. The Morgan fingerprint density at radius 3 is 2.16 bits per heavy atom. The quantitative estimate of drug-likeness (QED) is 0.260. The molecule has 2 amide bonds. The van der Waals surface area contributed by atoms with E-state index < -0.39 is 56.9 Å². The number of rotatable bonds is 11. The number of anilines is 1. The Bertz CT molecular complexity index is 1560. The summed E-state index contributed by atoms with van der Waals surface area (Å²) in [5.74, 6) is -1.20. The first-order valence-electron chi connectivity index (χ1n) is 13.7. The predicted octanol–water partition coefficient (Wildman–Crippen LogP) is 6.50. The van der Waals surface area contributed by atoms with E-state index in [-0.39, 0.29) is 23.9 Å². The van der Waals surface area contributed by atoms with E-state index in [0.717, 1.165) is 23.3 Å². The fourth-order valence-corrected chi connectivity index (χ4v) is 6.19. The summed E-state index contributed by atoms with van der Waals surface area (Å²) in [4.78, 5) is 28.3. The number of carbonyl (C=O) groups is 2. The number of amides is 2. The third-order valence-electron chi connectivity index (χ3n) is 6.68. The SMILES string of the molecule is CCC(C(=O)NC(C)C)N(Cc1cccc(C)c1)C(=O)CN(c1ccc(Cl)c(C(F)(F)F)c1)S(=O)(=O)c1ccc(C)cc1. The number of halogens is 4.